The molecule has 0 radical (unpaired) electrons. The van der Waals surface area contributed by atoms with Crippen LogP contribution in [0.3, 0.4) is 0 Å². The van der Waals surface area contributed by atoms with Crippen LogP contribution in [0.2, 0.25) is 0 Å². The number of H-pyrrole nitrogens is 1. The number of rotatable bonds is 8. The van der Waals surface area contributed by atoms with Gasteiger partial charge in [0, 0.05) is 16.5 Å². The van der Waals surface area contributed by atoms with Crippen LogP contribution in [0.1, 0.15) is 28.8 Å². The van der Waals surface area contributed by atoms with Crippen LogP contribution in [-0.4, -0.2) is 41.2 Å². The number of para-hydroxylation sites is 1. The maximum absolute atomic E-state index is 13.9. The lowest BCUT2D eigenvalue weighted by molar-refractivity contribution is -0.122. The standard InChI is InChI=1S/C31H27N3O6S2/c1-3-39-22-15-18(12-13-21(22)40-16-23(35)32-19-9-7-8-17(2)14-19)24-25-27(41-28-26(24)42-31(38)33-28)30(37)34(29(25)36)20-10-5-4-6-11-20/h4-15,24-25,27H,3,16H2,1-2H3,(H,32,35)(H,33,38). The van der Waals surface area contributed by atoms with Crippen LogP contribution in [0.4, 0.5) is 11.4 Å². The molecule has 1 saturated heterocycles. The highest BCUT2D eigenvalue weighted by Crippen LogP contribution is 2.53. The van der Waals surface area contributed by atoms with Crippen molar-refractivity contribution in [3.05, 3.63) is 98.5 Å². The van der Waals surface area contributed by atoms with Gasteiger partial charge < -0.3 is 19.8 Å². The quantitative estimate of drug-likeness (QED) is 0.274. The minimum Gasteiger partial charge on any atom is -0.490 e. The van der Waals surface area contributed by atoms with Gasteiger partial charge in [0.05, 0.1) is 23.2 Å². The van der Waals surface area contributed by atoms with Gasteiger partial charge in [0.2, 0.25) is 11.8 Å². The van der Waals surface area contributed by atoms with Gasteiger partial charge in [0.15, 0.2) is 18.1 Å². The average molecular weight is 602 g/mol. The summed E-state index contributed by atoms with van der Waals surface area (Å²) in [6.07, 6.45) is 0. The molecular weight excluding hydrogens is 574 g/mol. The number of aromatic nitrogens is 1. The van der Waals surface area contributed by atoms with Crippen molar-refractivity contribution in [1.29, 1.82) is 0 Å². The van der Waals surface area contributed by atoms with Crippen molar-refractivity contribution in [2.45, 2.75) is 30.0 Å². The molecule has 0 bridgehead atoms. The fraction of sp³-hybridized carbons (Fsp3) is 0.226. The van der Waals surface area contributed by atoms with E-state index in [0.717, 1.165) is 16.9 Å². The predicted molar refractivity (Wildman–Crippen MR) is 162 cm³/mol. The minimum atomic E-state index is -0.719. The maximum Gasteiger partial charge on any atom is 0.305 e. The largest absolute Gasteiger partial charge is 0.490 e. The Labute approximate surface area is 249 Å². The van der Waals surface area contributed by atoms with Crippen LogP contribution < -0.4 is 24.6 Å². The molecule has 6 rings (SSSR count). The molecule has 42 heavy (non-hydrogen) atoms. The third-order valence-corrected chi connectivity index (χ3v) is 9.53. The van der Waals surface area contributed by atoms with Crippen LogP contribution in [0.5, 0.6) is 11.5 Å². The Balaban J connectivity index is 1.31. The molecule has 0 spiro atoms. The van der Waals surface area contributed by atoms with Gasteiger partial charge in [-0.1, -0.05) is 59.5 Å². The van der Waals surface area contributed by atoms with Crippen molar-refractivity contribution in [2.24, 2.45) is 5.92 Å². The fourth-order valence-corrected chi connectivity index (χ4v) is 7.89. The van der Waals surface area contributed by atoms with E-state index in [1.165, 1.54) is 16.7 Å². The zero-order valence-electron chi connectivity index (χ0n) is 22.8. The molecule has 3 atom stereocenters. The second-order valence-electron chi connectivity index (χ2n) is 9.94. The Morgan fingerprint density at radius 2 is 1.76 bits per heavy atom. The highest BCUT2D eigenvalue weighted by atomic mass is 32.2. The maximum atomic E-state index is 13.9. The van der Waals surface area contributed by atoms with Gasteiger partial charge in [-0.15, -0.1) is 0 Å². The van der Waals surface area contributed by atoms with E-state index in [1.807, 2.05) is 38.1 Å². The number of nitrogens with zero attached hydrogens (tertiary/aromatic N) is 1. The summed E-state index contributed by atoms with van der Waals surface area (Å²) in [5.74, 6) is -1.46. The molecule has 11 heteroatoms. The molecule has 1 aromatic heterocycles. The number of imide groups is 1. The number of thioether (sulfide) groups is 1. The smallest absolute Gasteiger partial charge is 0.305 e. The first-order chi connectivity index (χ1) is 20.3. The predicted octanol–water partition coefficient (Wildman–Crippen LogP) is 4.96. The van der Waals surface area contributed by atoms with Crippen molar-refractivity contribution in [3.8, 4) is 11.5 Å². The molecule has 2 N–H and O–H groups in total. The van der Waals surface area contributed by atoms with Gasteiger partial charge in [0.25, 0.3) is 5.91 Å². The number of aryl methyl sites for hydroxylation is 1. The summed E-state index contributed by atoms with van der Waals surface area (Å²) >= 11 is 2.27. The van der Waals surface area contributed by atoms with Crippen LogP contribution in [0, 0.1) is 12.8 Å². The third kappa shape index (κ3) is 5.21. The van der Waals surface area contributed by atoms with E-state index in [2.05, 4.69) is 10.3 Å². The molecule has 9 nitrogen and oxygen atoms in total. The molecule has 1 fully saturated rings. The number of hydrogen-bond acceptors (Lipinski definition) is 8. The number of benzene rings is 3. The summed E-state index contributed by atoms with van der Waals surface area (Å²) in [7, 11) is 0. The first kappa shape index (κ1) is 27.8. The number of carbonyl (C=O) groups is 3. The summed E-state index contributed by atoms with van der Waals surface area (Å²) in [5.41, 5.74) is 2.92. The fourth-order valence-electron chi connectivity index (χ4n) is 5.38. The molecule has 2 aliphatic heterocycles. The summed E-state index contributed by atoms with van der Waals surface area (Å²) in [5, 5.41) is 2.72. The Hall–Kier alpha value is -4.35. The second-order valence-corrected chi connectivity index (χ2v) is 12.1. The molecule has 214 valence electrons. The van der Waals surface area contributed by atoms with Gasteiger partial charge in [-0.2, -0.15) is 0 Å². The van der Waals surface area contributed by atoms with Gasteiger partial charge >= 0.3 is 4.87 Å². The van der Waals surface area contributed by atoms with Gasteiger partial charge in [0.1, 0.15) is 5.25 Å². The highest BCUT2D eigenvalue weighted by molar-refractivity contribution is 8.00. The topological polar surface area (TPSA) is 118 Å². The molecule has 0 saturated carbocycles. The van der Waals surface area contributed by atoms with Crippen LogP contribution in [0.25, 0.3) is 0 Å². The summed E-state index contributed by atoms with van der Waals surface area (Å²) in [4.78, 5) is 57.0. The number of carbonyl (C=O) groups excluding carboxylic acids is 3. The zero-order valence-corrected chi connectivity index (χ0v) is 24.4. The van der Waals surface area contributed by atoms with E-state index in [4.69, 9.17) is 9.47 Å². The zero-order chi connectivity index (χ0) is 29.4. The lowest BCUT2D eigenvalue weighted by Crippen LogP contribution is -2.32. The molecule has 2 aliphatic rings. The number of hydrogen-bond donors (Lipinski definition) is 2. The van der Waals surface area contributed by atoms with Crippen LogP contribution in [-0.2, 0) is 14.4 Å². The van der Waals surface area contributed by atoms with Crippen molar-refractivity contribution in [1.82, 2.24) is 4.98 Å². The van der Waals surface area contributed by atoms with Crippen molar-refractivity contribution in [3.63, 3.8) is 0 Å². The molecule has 0 aliphatic carbocycles. The molecule has 3 heterocycles. The number of amides is 3. The van der Waals surface area contributed by atoms with Crippen molar-refractivity contribution < 1.29 is 23.9 Å². The molecule has 3 aromatic carbocycles. The first-order valence-corrected chi connectivity index (χ1v) is 15.1. The van der Waals surface area contributed by atoms with Gasteiger partial charge in [-0.05, 0) is 61.4 Å². The monoisotopic (exact) mass is 601 g/mol. The number of ether oxygens (including phenoxy) is 2. The summed E-state index contributed by atoms with van der Waals surface area (Å²) in [6.45, 7) is 3.88. The van der Waals surface area contributed by atoms with E-state index in [0.29, 0.717) is 44.9 Å². The second kappa shape index (κ2) is 11.5. The SMILES string of the molecule is CCOc1cc(C2c3sc(=O)[nH]c3SC3C(=O)N(c4ccccc4)C(=O)C32)ccc1OCC(=O)Nc1cccc(C)c1. The van der Waals surface area contributed by atoms with Crippen LogP contribution >= 0.6 is 23.1 Å². The Morgan fingerprint density at radius 3 is 2.52 bits per heavy atom. The first-order valence-electron chi connectivity index (χ1n) is 13.4. The van der Waals surface area contributed by atoms with E-state index in [9.17, 15) is 19.2 Å². The molecular formula is C31H27N3O6S2. The molecule has 3 amide bonds. The number of anilines is 2. The number of aromatic amines is 1. The molecule has 4 aromatic rings. The van der Waals surface area contributed by atoms with E-state index < -0.39 is 17.1 Å². The third-order valence-electron chi connectivity index (χ3n) is 7.13. The Morgan fingerprint density at radius 1 is 0.952 bits per heavy atom. The average Bonchev–Trinajstić information content (AvgIpc) is 3.47. The van der Waals surface area contributed by atoms with E-state index in [1.54, 1.807) is 48.5 Å². The van der Waals surface area contributed by atoms with Crippen molar-refractivity contribution in [2.75, 3.05) is 23.4 Å². The number of thiazole rings is 1. The summed E-state index contributed by atoms with van der Waals surface area (Å²) < 4.78 is 11.7. The van der Waals surface area contributed by atoms with Crippen molar-refractivity contribution >= 4 is 52.2 Å². The number of fused-ring (bicyclic) bond motifs is 2. The summed E-state index contributed by atoms with van der Waals surface area (Å²) in [6, 6.07) is 21.6. The Bertz CT molecular complexity index is 1730. The lowest BCUT2D eigenvalue weighted by Gasteiger charge is -2.30. The lowest BCUT2D eigenvalue weighted by atomic mass is 9.83. The van der Waals surface area contributed by atoms with Gasteiger partial charge in [-0.25, -0.2) is 4.90 Å². The Kier molecular flexibility index (Phi) is 7.61. The van der Waals surface area contributed by atoms with Gasteiger partial charge in [-0.3, -0.25) is 19.2 Å². The molecule has 3 unspecified atom stereocenters. The minimum absolute atomic E-state index is 0.235. The van der Waals surface area contributed by atoms with E-state index >= 15 is 0 Å². The van der Waals surface area contributed by atoms with E-state index in [-0.39, 0.29) is 29.2 Å². The highest BCUT2D eigenvalue weighted by Gasteiger charge is 2.56. The number of nitrogens with one attached hydrogen (secondary N) is 2. The van der Waals surface area contributed by atoms with Crippen LogP contribution in [0.15, 0.2) is 82.6 Å². The normalized spacial score (nSPS) is 19.3.